The van der Waals surface area contributed by atoms with Crippen LogP contribution in [0, 0.1) is 6.92 Å². The van der Waals surface area contributed by atoms with E-state index in [0.717, 1.165) is 41.8 Å². The summed E-state index contributed by atoms with van der Waals surface area (Å²) >= 11 is 0. The zero-order chi connectivity index (χ0) is 21.5. The lowest BCUT2D eigenvalue weighted by atomic mass is 10.1. The Morgan fingerprint density at radius 2 is 1.78 bits per heavy atom. The molecule has 1 aromatic carbocycles. The van der Waals surface area contributed by atoms with Crippen molar-refractivity contribution in [2.45, 2.75) is 19.9 Å². The van der Waals surface area contributed by atoms with Crippen LogP contribution < -0.4 is 10.6 Å². The van der Waals surface area contributed by atoms with Crippen molar-refractivity contribution < 1.29 is 0 Å². The number of hydrogen-bond acceptors (Lipinski definition) is 4. The highest BCUT2D eigenvalue weighted by molar-refractivity contribution is 14.0. The Labute approximate surface area is 204 Å². The van der Waals surface area contributed by atoms with Crippen molar-refractivity contribution in [2.75, 3.05) is 13.6 Å². The number of hydrogen-bond donors (Lipinski definition) is 2. The first-order valence-electron chi connectivity index (χ1n) is 10.2. The monoisotopic (exact) mass is 542 g/mol. The minimum atomic E-state index is 0. The van der Waals surface area contributed by atoms with Gasteiger partial charge in [0.15, 0.2) is 5.96 Å². The SMILES string of the molecule is CN=C(NCCc1ccc(-n2cccn2)cc1)NCc1ccc(-n2ccnc2C)nc1.I. The van der Waals surface area contributed by atoms with Gasteiger partial charge in [-0.1, -0.05) is 18.2 Å². The molecule has 4 aromatic rings. The summed E-state index contributed by atoms with van der Waals surface area (Å²) in [7, 11) is 1.78. The Morgan fingerprint density at radius 1 is 0.969 bits per heavy atom. The van der Waals surface area contributed by atoms with Crippen LogP contribution in [-0.4, -0.2) is 43.9 Å². The second kappa shape index (κ2) is 11.4. The van der Waals surface area contributed by atoms with E-state index in [-0.39, 0.29) is 24.0 Å². The molecule has 0 radical (unpaired) electrons. The number of nitrogens with one attached hydrogen (secondary N) is 2. The molecule has 8 nitrogen and oxygen atoms in total. The van der Waals surface area contributed by atoms with Gasteiger partial charge in [-0.15, -0.1) is 24.0 Å². The number of guanidine groups is 1. The highest BCUT2D eigenvalue weighted by Crippen LogP contribution is 2.09. The average Bonchev–Trinajstić information content (AvgIpc) is 3.49. The van der Waals surface area contributed by atoms with Crippen LogP contribution in [0.2, 0.25) is 0 Å². The molecular formula is C23H27IN8. The number of aliphatic imine (C=N–C) groups is 1. The number of halogens is 1. The van der Waals surface area contributed by atoms with Crippen LogP contribution in [0.4, 0.5) is 0 Å². The maximum Gasteiger partial charge on any atom is 0.191 e. The summed E-state index contributed by atoms with van der Waals surface area (Å²) in [4.78, 5) is 13.1. The van der Waals surface area contributed by atoms with Gasteiger partial charge in [0.1, 0.15) is 11.6 Å². The molecule has 0 amide bonds. The van der Waals surface area contributed by atoms with Crippen molar-refractivity contribution in [1.82, 2.24) is 34.9 Å². The Morgan fingerprint density at radius 3 is 2.41 bits per heavy atom. The van der Waals surface area contributed by atoms with E-state index in [1.807, 2.05) is 46.9 Å². The Bertz CT molecular complexity index is 1120. The van der Waals surface area contributed by atoms with Crippen molar-refractivity contribution in [1.29, 1.82) is 0 Å². The first-order chi connectivity index (χ1) is 15.2. The van der Waals surface area contributed by atoms with Crippen molar-refractivity contribution in [3.05, 3.63) is 90.4 Å². The molecule has 3 aromatic heterocycles. The summed E-state index contributed by atoms with van der Waals surface area (Å²) in [6.45, 7) is 3.40. The number of rotatable bonds is 7. The maximum absolute atomic E-state index is 4.53. The zero-order valence-electron chi connectivity index (χ0n) is 18.1. The average molecular weight is 542 g/mol. The highest BCUT2D eigenvalue weighted by atomic mass is 127. The molecular weight excluding hydrogens is 515 g/mol. The molecule has 0 aliphatic carbocycles. The van der Waals surface area contributed by atoms with Gasteiger partial charge in [0.05, 0.1) is 5.69 Å². The highest BCUT2D eigenvalue weighted by Gasteiger charge is 2.03. The predicted molar refractivity (Wildman–Crippen MR) is 137 cm³/mol. The maximum atomic E-state index is 4.53. The number of pyridine rings is 1. The summed E-state index contributed by atoms with van der Waals surface area (Å²) in [5.41, 5.74) is 3.40. The van der Waals surface area contributed by atoms with Crippen LogP contribution in [0.1, 0.15) is 17.0 Å². The minimum Gasteiger partial charge on any atom is -0.356 e. The lowest BCUT2D eigenvalue weighted by molar-refractivity contribution is 0.791. The molecule has 0 aliphatic rings. The summed E-state index contributed by atoms with van der Waals surface area (Å²) in [5, 5.41) is 10.9. The van der Waals surface area contributed by atoms with Gasteiger partial charge < -0.3 is 10.6 Å². The largest absolute Gasteiger partial charge is 0.356 e. The van der Waals surface area contributed by atoms with Crippen LogP contribution in [0.15, 0.2) is 78.4 Å². The number of benzene rings is 1. The molecule has 32 heavy (non-hydrogen) atoms. The Kier molecular flexibility index (Phi) is 8.37. The molecule has 0 fully saturated rings. The quantitative estimate of drug-likeness (QED) is 0.213. The van der Waals surface area contributed by atoms with Crippen LogP contribution in [0.25, 0.3) is 11.5 Å². The van der Waals surface area contributed by atoms with E-state index >= 15 is 0 Å². The molecule has 0 atom stereocenters. The molecule has 166 valence electrons. The second-order valence-corrected chi connectivity index (χ2v) is 7.09. The summed E-state index contributed by atoms with van der Waals surface area (Å²) in [6, 6.07) is 14.4. The van der Waals surface area contributed by atoms with Gasteiger partial charge in [-0.25, -0.2) is 14.6 Å². The fraction of sp³-hybridized carbons (Fsp3) is 0.217. The standard InChI is InChI=1S/C23H26N8.HI/c1-18-25-13-15-30(18)22-9-6-20(16-27-22)17-28-23(24-2)26-12-10-19-4-7-21(8-5-19)31-14-3-11-29-31;/h3-9,11,13-16H,10,12,17H2,1-2H3,(H2,24,26,28);1H. The molecule has 3 heterocycles. The summed E-state index contributed by atoms with van der Waals surface area (Å²) in [6.07, 6.45) is 10.2. The van der Waals surface area contributed by atoms with Crippen LogP contribution in [-0.2, 0) is 13.0 Å². The van der Waals surface area contributed by atoms with Gasteiger partial charge in [-0.05, 0) is 48.7 Å². The molecule has 0 spiro atoms. The molecule has 0 saturated heterocycles. The lowest BCUT2D eigenvalue weighted by Gasteiger charge is -2.12. The fourth-order valence-corrected chi connectivity index (χ4v) is 3.25. The van der Waals surface area contributed by atoms with E-state index in [4.69, 9.17) is 0 Å². The molecule has 0 bridgehead atoms. The Hall–Kier alpha value is -3.21. The third-order valence-electron chi connectivity index (χ3n) is 4.98. The number of nitrogens with zero attached hydrogens (tertiary/aromatic N) is 6. The zero-order valence-corrected chi connectivity index (χ0v) is 20.5. The second-order valence-electron chi connectivity index (χ2n) is 7.09. The first kappa shape index (κ1) is 23.5. The van der Waals surface area contributed by atoms with E-state index in [9.17, 15) is 0 Å². The van der Waals surface area contributed by atoms with Gasteiger partial charge in [-0.3, -0.25) is 9.56 Å². The smallest absolute Gasteiger partial charge is 0.191 e. The molecule has 4 rings (SSSR count). The van der Waals surface area contributed by atoms with Crippen molar-refractivity contribution in [3.8, 4) is 11.5 Å². The normalized spacial score (nSPS) is 11.1. The summed E-state index contributed by atoms with van der Waals surface area (Å²) in [5.74, 6) is 2.54. The molecule has 0 saturated carbocycles. The first-order valence-corrected chi connectivity index (χ1v) is 10.2. The van der Waals surface area contributed by atoms with Gasteiger partial charge in [0.25, 0.3) is 0 Å². The molecule has 0 aliphatic heterocycles. The molecule has 9 heteroatoms. The topological polar surface area (TPSA) is 85.0 Å². The lowest BCUT2D eigenvalue weighted by Crippen LogP contribution is -2.37. The van der Waals surface area contributed by atoms with Gasteiger partial charge >= 0.3 is 0 Å². The van der Waals surface area contributed by atoms with Crippen molar-refractivity contribution in [2.24, 2.45) is 4.99 Å². The number of imidazole rings is 1. The van der Waals surface area contributed by atoms with Crippen LogP contribution in [0.5, 0.6) is 0 Å². The fourth-order valence-electron chi connectivity index (χ4n) is 3.25. The van der Waals surface area contributed by atoms with Crippen LogP contribution in [0.3, 0.4) is 0 Å². The predicted octanol–water partition coefficient (Wildman–Crippen LogP) is 3.29. The molecule has 0 unspecified atom stereocenters. The van der Waals surface area contributed by atoms with Gasteiger partial charge in [-0.2, -0.15) is 5.10 Å². The summed E-state index contributed by atoms with van der Waals surface area (Å²) < 4.78 is 3.81. The van der Waals surface area contributed by atoms with Gasteiger partial charge in [0.2, 0.25) is 0 Å². The van der Waals surface area contributed by atoms with E-state index in [0.29, 0.717) is 6.54 Å². The number of aromatic nitrogens is 5. The third-order valence-corrected chi connectivity index (χ3v) is 4.98. The number of aryl methyl sites for hydroxylation is 1. The van der Waals surface area contributed by atoms with E-state index in [2.05, 4.69) is 61.0 Å². The third kappa shape index (κ3) is 5.94. The van der Waals surface area contributed by atoms with Crippen molar-refractivity contribution >= 4 is 29.9 Å². The molecule has 2 N–H and O–H groups in total. The van der Waals surface area contributed by atoms with Crippen molar-refractivity contribution in [3.63, 3.8) is 0 Å². The van der Waals surface area contributed by atoms with Crippen LogP contribution >= 0.6 is 24.0 Å². The van der Waals surface area contributed by atoms with E-state index in [1.165, 1.54) is 5.56 Å². The van der Waals surface area contributed by atoms with E-state index in [1.54, 1.807) is 19.4 Å². The minimum absolute atomic E-state index is 0. The van der Waals surface area contributed by atoms with Gasteiger partial charge in [0, 0.05) is 51.1 Å². The van der Waals surface area contributed by atoms with E-state index < -0.39 is 0 Å². The Balaban J connectivity index is 0.00000289.